The maximum atomic E-state index is 12.6. The number of fused-ring (bicyclic) bond motifs is 1. The van der Waals surface area contributed by atoms with E-state index in [1.165, 1.54) is 5.06 Å². The van der Waals surface area contributed by atoms with E-state index in [1.807, 2.05) is 19.1 Å². The van der Waals surface area contributed by atoms with Crippen LogP contribution < -0.4 is 4.90 Å². The summed E-state index contributed by atoms with van der Waals surface area (Å²) in [7, 11) is 0. The van der Waals surface area contributed by atoms with Gasteiger partial charge in [-0.1, -0.05) is 0 Å². The van der Waals surface area contributed by atoms with Gasteiger partial charge in [0.15, 0.2) is 5.82 Å². The highest BCUT2D eigenvalue weighted by atomic mass is 16.7. The molecule has 7 heteroatoms. The number of hydroxylamine groups is 2. The summed E-state index contributed by atoms with van der Waals surface area (Å²) in [6, 6.07) is 4.29. The van der Waals surface area contributed by atoms with E-state index in [0.29, 0.717) is 13.2 Å². The van der Waals surface area contributed by atoms with Gasteiger partial charge in [-0.3, -0.25) is 9.63 Å². The summed E-state index contributed by atoms with van der Waals surface area (Å²) in [6.45, 7) is 4.14. The van der Waals surface area contributed by atoms with Gasteiger partial charge in [0, 0.05) is 13.1 Å². The molecule has 4 rings (SSSR count). The van der Waals surface area contributed by atoms with E-state index in [1.54, 1.807) is 0 Å². The zero-order chi connectivity index (χ0) is 16.5. The Bertz CT molecular complexity index is 588. The molecule has 3 fully saturated rings. The summed E-state index contributed by atoms with van der Waals surface area (Å²) in [6.07, 6.45) is 4.33. The summed E-state index contributed by atoms with van der Waals surface area (Å²) in [4.78, 5) is 20.3. The molecule has 1 aromatic heterocycles. The monoisotopic (exact) mass is 332 g/mol. The molecule has 7 nitrogen and oxygen atoms in total. The summed E-state index contributed by atoms with van der Waals surface area (Å²) in [5, 5.41) is 9.97. The van der Waals surface area contributed by atoms with Crippen LogP contribution in [0.5, 0.6) is 0 Å². The van der Waals surface area contributed by atoms with Gasteiger partial charge in [0.25, 0.3) is 5.91 Å². The van der Waals surface area contributed by atoms with Gasteiger partial charge in [-0.2, -0.15) is 5.10 Å². The summed E-state index contributed by atoms with van der Waals surface area (Å²) < 4.78 is 6.14. The zero-order valence-corrected chi connectivity index (χ0v) is 14.1. The molecule has 1 amide bonds. The lowest BCUT2D eigenvalue weighted by molar-refractivity contribution is -0.212. The SMILES string of the molecule is Cc1ccc(N2CC[C@@H]3O[C@H](C(=O)N4CCCCO4)CC[C@@H]32)nn1. The van der Waals surface area contributed by atoms with Gasteiger partial charge in [-0.05, 0) is 51.2 Å². The maximum absolute atomic E-state index is 12.6. The Hall–Kier alpha value is -1.73. The number of aromatic nitrogens is 2. The van der Waals surface area contributed by atoms with Crippen molar-refractivity contribution in [2.75, 3.05) is 24.6 Å². The summed E-state index contributed by atoms with van der Waals surface area (Å²) in [5.41, 5.74) is 0.918. The molecule has 0 radical (unpaired) electrons. The van der Waals surface area contributed by atoms with Crippen molar-refractivity contribution < 1.29 is 14.4 Å². The van der Waals surface area contributed by atoms with E-state index in [2.05, 4.69) is 15.1 Å². The van der Waals surface area contributed by atoms with Crippen LogP contribution in [0.4, 0.5) is 5.82 Å². The largest absolute Gasteiger partial charge is 0.363 e. The molecule has 0 saturated carbocycles. The minimum Gasteiger partial charge on any atom is -0.363 e. The standard InChI is InChI=1S/C17H24N4O3/c1-12-4-7-16(19-18-12)20-10-8-14-13(20)5-6-15(24-14)17(22)21-9-2-3-11-23-21/h4,7,13-15H,2-3,5-6,8-11H2,1H3/t13-,14-,15-/m0/s1. The second-order valence-electron chi connectivity index (χ2n) is 6.80. The maximum Gasteiger partial charge on any atom is 0.275 e. The van der Waals surface area contributed by atoms with Gasteiger partial charge in [0.05, 0.1) is 24.4 Å². The van der Waals surface area contributed by atoms with Crippen LogP contribution in [0.1, 0.15) is 37.8 Å². The van der Waals surface area contributed by atoms with Crippen molar-refractivity contribution in [2.45, 2.75) is 57.3 Å². The van der Waals surface area contributed by atoms with Crippen molar-refractivity contribution in [3.8, 4) is 0 Å². The average Bonchev–Trinajstić information content (AvgIpc) is 3.05. The fourth-order valence-corrected chi connectivity index (χ4v) is 3.87. The van der Waals surface area contributed by atoms with E-state index in [0.717, 1.165) is 50.2 Å². The lowest BCUT2D eigenvalue weighted by atomic mass is 9.98. The van der Waals surface area contributed by atoms with Crippen LogP contribution >= 0.6 is 0 Å². The van der Waals surface area contributed by atoms with E-state index < -0.39 is 0 Å². The van der Waals surface area contributed by atoms with Crippen LogP contribution in [-0.2, 0) is 14.4 Å². The summed E-state index contributed by atoms with van der Waals surface area (Å²) >= 11 is 0. The number of rotatable bonds is 2. The highest BCUT2D eigenvalue weighted by molar-refractivity contribution is 5.80. The van der Waals surface area contributed by atoms with Gasteiger partial charge >= 0.3 is 0 Å². The van der Waals surface area contributed by atoms with E-state index in [4.69, 9.17) is 9.57 Å². The van der Waals surface area contributed by atoms with Crippen molar-refractivity contribution in [3.05, 3.63) is 17.8 Å². The van der Waals surface area contributed by atoms with Crippen LogP contribution in [0, 0.1) is 6.92 Å². The van der Waals surface area contributed by atoms with Crippen molar-refractivity contribution in [1.29, 1.82) is 0 Å². The number of carbonyl (C=O) groups excluding carboxylic acids is 1. The Labute approximate surface area is 141 Å². The minimum atomic E-state index is -0.367. The highest BCUT2D eigenvalue weighted by Gasteiger charge is 2.43. The zero-order valence-electron chi connectivity index (χ0n) is 14.1. The Kier molecular flexibility index (Phi) is 4.37. The molecule has 130 valence electrons. The molecule has 3 atom stereocenters. The molecule has 3 saturated heterocycles. The van der Waals surface area contributed by atoms with Crippen molar-refractivity contribution in [3.63, 3.8) is 0 Å². The normalized spacial score (nSPS) is 30.3. The predicted octanol–water partition coefficient (Wildman–Crippen LogP) is 1.47. The van der Waals surface area contributed by atoms with Crippen molar-refractivity contribution in [2.24, 2.45) is 0 Å². The lowest BCUT2D eigenvalue weighted by Gasteiger charge is -2.37. The minimum absolute atomic E-state index is 0.0123. The number of carbonyl (C=O) groups is 1. The second-order valence-corrected chi connectivity index (χ2v) is 6.80. The smallest absolute Gasteiger partial charge is 0.275 e. The molecule has 0 unspecified atom stereocenters. The van der Waals surface area contributed by atoms with E-state index >= 15 is 0 Å². The predicted molar refractivity (Wildman–Crippen MR) is 87.3 cm³/mol. The number of nitrogens with zero attached hydrogens (tertiary/aromatic N) is 4. The van der Waals surface area contributed by atoms with E-state index in [9.17, 15) is 4.79 Å². The number of ether oxygens (including phenoxy) is 1. The Morgan fingerprint density at radius 1 is 1.17 bits per heavy atom. The highest BCUT2D eigenvalue weighted by Crippen LogP contribution is 2.34. The van der Waals surface area contributed by atoms with Gasteiger partial charge in [-0.15, -0.1) is 5.10 Å². The molecule has 0 bridgehead atoms. The number of hydrogen-bond acceptors (Lipinski definition) is 6. The molecule has 0 N–H and O–H groups in total. The lowest BCUT2D eigenvalue weighted by Crippen LogP contribution is -2.50. The van der Waals surface area contributed by atoms with Crippen molar-refractivity contribution in [1.82, 2.24) is 15.3 Å². The average molecular weight is 332 g/mol. The molecule has 3 aliphatic heterocycles. The molecular formula is C17H24N4O3. The van der Waals surface area contributed by atoms with E-state index in [-0.39, 0.29) is 24.2 Å². The van der Waals surface area contributed by atoms with Gasteiger partial charge < -0.3 is 9.64 Å². The van der Waals surface area contributed by atoms with Crippen LogP contribution in [0.25, 0.3) is 0 Å². The fraction of sp³-hybridized carbons (Fsp3) is 0.706. The number of aryl methyl sites for hydroxylation is 1. The third-order valence-electron chi connectivity index (χ3n) is 5.15. The first-order chi connectivity index (χ1) is 11.7. The second kappa shape index (κ2) is 6.64. The fourth-order valence-electron chi connectivity index (χ4n) is 3.87. The summed E-state index contributed by atoms with van der Waals surface area (Å²) in [5.74, 6) is 0.891. The van der Waals surface area contributed by atoms with Crippen LogP contribution in [-0.4, -0.2) is 59.1 Å². The first kappa shape index (κ1) is 15.8. The topological polar surface area (TPSA) is 67.8 Å². The quantitative estimate of drug-likeness (QED) is 0.817. The van der Waals surface area contributed by atoms with Crippen LogP contribution in [0.3, 0.4) is 0 Å². The molecule has 1 aromatic rings. The first-order valence-corrected chi connectivity index (χ1v) is 8.89. The van der Waals surface area contributed by atoms with Gasteiger partial charge in [-0.25, -0.2) is 5.06 Å². The molecule has 0 spiro atoms. The molecular weight excluding hydrogens is 308 g/mol. The molecule has 3 aliphatic rings. The molecule has 24 heavy (non-hydrogen) atoms. The Balaban J connectivity index is 1.40. The van der Waals surface area contributed by atoms with Crippen LogP contribution in [0.2, 0.25) is 0 Å². The number of amides is 1. The molecule has 4 heterocycles. The van der Waals surface area contributed by atoms with Gasteiger partial charge in [0.2, 0.25) is 0 Å². The Morgan fingerprint density at radius 3 is 2.83 bits per heavy atom. The van der Waals surface area contributed by atoms with Crippen molar-refractivity contribution >= 4 is 11.7 Å². The third-order valence-corrected chi connectivity index (χ3v) is 5.15. The van der Waals surface area contributed by atoms with Crippen LogP contribution in [0.15, 0.2) is 12.1 Å². The first-order valence-electron chi connectivity index (χ1n) is 8.89. The number of hydrogen-bond donors (Lipinski definition) is 0. The Morgan fingerprint density at radius 2 is 2.08 bits per heavy atom. The third kappa shape index (κ3) is 2.98. The molecule has 0 aromatic carbocycles. The number of anilines is 1. The van der Waals surface area contributed by atoms with Gasteiger partial charge in [0.1, 0.15) is 6.10 Å². The molecule has 0 aliphatic carbocycles.